The Kier molecular flexibility index (Phi) is 5.99. The molecule has 0 fully saturated rings. The third-order valence-electron chi connectivity index (χ3n) is 2.83. The van der Waals surface area contributed by atoms with Gasteiger partial charge in [0.1, 0.15) is 5.01 Å². The van der Waals surface area contributed by atoms with Crippen molar-refractivity contribution in [1.29, 1.82) is 0 Å². The second-order valence-corrected chi connectivity index (χ2v) is 5.41. The summed E-state index contributed by atoms with van der Waals surface area (Å²) in [6, 6.07) is 0.443. The summed E-state index contributed by atoms with van der Waals surface area (Å²) in [5.74, 6) is 0.669. The zero-order valence-corrected chi connectivity index (χ0v) is 11.7. The third-order valence-corrected chi connectivity index (χ3v) is 3.88. The van der Waals surface area contributed by atoms with Gasteiger partial charge in [-0.05, 0) is 32.2 Å². The Morgan fingerprint density at radius 1 is 1.38 bits per heavy atom. The van der Waals surface area contributed by atoms with E-state index in [2.05, 4.69) is 43.4 Å². The van der Waals surface area contributed by atoms with Gasteiger partial charge in [-0.15, -0.1) is 11.3 Å². The van der Waals surface area contributed by atoms with Gasteiger partial charge >= 0.3 is 0 Å². The summed E-state index contributed by atoms with van der Waals surface area (Å²) in [6.07, 6.45) is 3.69. The maximum atomic E-state index is 4.62. The number of aryl methyl sites for hydroxylation is 1. The van der Waals surface area contributed by atoms with Crippen LogP contribution in [0.4, 0.5) is 0 Å². The number of hydrogen-bond acceptors (Lipinski definition) is 3. The van der Waals surface area contributed by atoms with Crippen molar-refractivity contribution in [2.75, 3.05) is 6.54 Å². The molecule has 2 atom stereocenters. The molecule has 0 spiro atoms. The molecule has 0 saturated heterocycles. The molecule has 0 aromatic carbocycles. The number of aromatic nitrogens is 1. The number of thiazole rings is 1. The molecule has 1 heterocycles. The second-order valence-electron chi connectivity index (χ2n) is 4.52. The van der Waals surface area contributed by atoms with Gasteiger partial charge in [0.25, 0.3) is 0 Å². The summed E-state index contributed by atoms with van der Waals surface area (Å²) >= 11 is 1.79. The van der Waals surface area contributed by atoms with Crippen LogP contribution in [0.5, 0.6) is 0 Å². The van der Waals surface area contributed by atoms with E-state index in [0.717, 1.165) is 12.2 Å². The molecule has 1 aromatic heterocycles. The first-order chi connectivity index (χ1) is 7.69. The van der Waals surface area contributed by atoms with Crippen LogP contribution < -0.4 is 5.32 Å². The Morgan fingerprint density at radius 3 is 2.62 bits per heavy atom. The fourth-order valence-corrected chi connectivity index (χ4v) is 2.97. The molecule has 92 valence electrons. The zero-order valence-electron chi connectivity index (χ0n) is 10.9. The Balaban J connectivity index is 2.69. The highest BCUT2D eigenvalue weighted by molar-refractivity contribution is 7.09. The van der Waals surface area contributed by atoms with Crippen LogP contribution in [0.15, 0.2) is 5.38 Å². The first-order valence-corrected chi connectivity index (χ1v) is 7.22. The monoisotopic (exact) mass is 240 g/mol. The highest BCUT2D eigenvalue weighted by Gasteiger charge is 2.20. The van der Waals surface area contributed by atoms with Gasteiger partial charge in [0, 0.05) is 11.1 Å². The van der Waals surface area contributed by atoms with Gasteiger partial charge in [0.05, 0.1) is 6.04 Å². The van der Waals surface area contributed by atoms with E-state index in [1.54, 1.807) is 11.3 Å². The molecule has 0 aliphatic rings. The van der Waals surface area contributed by atoms with Crippen molar-refractivity contribution in [2.45, 2.75) is 53.0 Å². The van der Waals surface area contributed by atoms with Gasteiger partial charge in [0.2, 0.25) is 0 Å². The highest BCUT2D eigenvalue weighted by atomic mass is 32.1. The maximum Gasteiger partial charge on any atom is 0.110 e. The number of rotatable bonds is 7. The van der Waals surface area contributed by atoms with Gasteiger partial charge in [-0.2, -0.15) is 0 Å². The number of nitrogens with zero attached hydrogens (tertiary/aromatic N) is 1. The van der Waals surface area contributed by atoms with Crippen LogP contribution in [0.3, 0.4) is 0 Å². The molecule has 0 radical (unpaired) electrons. The molecule has 1 N–H and O–H groups in total. The summed E-state index contributed by atoms with van der Waals surface area (Å²) in [5, 5.41) is 7.04. The lowest BCUT2D eigenvalue weighted by molar-refractivity contribution is 0.362. The standard InChI is InChI=1S/C13H24N2S/c1-5-7-10(3)12(14-8-6-2)13-15-11(4)9-16-13/h9-10,12,14H,5-8H2,1-4H3. The molecule has 0 amide bonds. The Morgan fingerprint density at radius 2 is 2.12 bits per heavy atom. The van der Waals surface area contributed by atoms with Gasteiger partial charge in [-0.1, -0.05) is 27.2 Å². The Hall–Kier alpha value is -0.410. The van der Waals surface area contributed by atoms with E-state index in [9.17, 15) is 0 Å². The molecule has 0 aliphatic carbocycles. The molecule has 0 aliphatic heterocycles. The molecule has 2 nitrogen and oxygen atoms in total. The lowest BCUT2D eigenvalue weighted by atomic mass is 9.97. The molecule has 1 rings (SSSR count). The summed E-state index contributed by atoms with van der Waals surface area (Å²) in [6.45, 7) is 9.94. The molecule has 1 aromatic rings. The molecular formula is C13H24N2S. The molecule has 2 unspecified atom stereocenters. The lowest BCUT2D eigenvalue weighted by Gasteiger charge is -2.23. The molecule has 16 heavy (non-hydrogen) atoms. The van der Waals surface area contributed by atoms with Crippen molar-refractivity contribution in [3.63, 3.8) is 0 Å². The summed E-state index contributed by atoms with van der Waals surface area (Å²) < 4.78 is 0. The van der Waals surface area contributed by atoms with Gasteiger partial charge in [0.15, 0.2) is 0 Å². The van der Waals surface area contributed by atoms with Crippen LogP contribution in [0, 0.1) is 12.8 Å². The molecule has 0 saturated carbocycles. The normalized spacial score (nSPS) is 15.0. The minimum Gasteiger partial charge on any atom is -0.308 e. The van der Waals surface area contributed by atoms with Crippen LogP contribution in [-0.4, -0.2) is 11.5 Å². The van der Waals surface area contributed by atoms with Crippen molar-refractivity contribution in [3.05, 3.63) is 16.1 Å². The minimum absolute atomic E-state index is 0.443. The van der Waals surface area contributed by atoms with E-state index >= 15 is 0 Å². The zero-order chi connectivity index (χ0) is 12.0. The van der Waals surface area contributed by atoms with Gasteiger partial charge in [-0.3, -0.25) is 0 Å². The van der Waals surface area contributed by atoms with E-state index in [-0.39, 0.29) is 0 Å². The average Bonchev–Trinajstić information content (AvgIpc) is 2.66. The quantitative estimate of drug-likeness (QED) is 0.781. The van der Waals surface area contributed by atoms with E-state index in [1.165, 1.54) is 24.3 Å². The van der Waals surface area contributed by atoms with Crippen molar-refractivity contribution >= 4 is 11.3 Å². The molecule has 3 heteroatoms. The van der Waals surface area contributed by atoms with Crippen LogP contribution in [-0.2, 0) is 0 Å². The summed E-state index contributed by atoms with van der Waals surface area (Å²) in [5.41, 5.74) is 1.15. The first kappa shape index (κ1) is 13.7. The summed E-state index contributed by atoms with van der Waals surface area (Å²) in [4.78, 5) is 4.62. The largest absolute Gasteiger partial charge is 0.308 e. The van der Waals surface area contributed by atoms with Crippen LogP contribution in [0.25, 0.3) is 0 Å². The van der Waals surface area contributed by atoms with E-state index < -0.39 is 0 Å². The van der Waals surface area contributed by atoms with Crippen molar-refractivity contribution in [2.24, 2.45) is 5.92 Å². The predicted molar refractivity (Wildman–Crippen MR) is 72.0 cm³/mol. The van der Waals surface area contributed by atoms with Gasteiger partial charge < -0.3 is 5.32 Å². The Bertz CT molecular complexity index is 296. The van der Waals surface area contributed by atoms with E-state index in [1.807, 2.05) is 0 Å². The van der Waals surface area contributed by atoms with E-state index in [4.69, 9.17) is 0 Å². The van der Waals surface area contributed by atoms with Crippen molar-refractivity contribution in [3.8, 4) is 0 Å². The average molecular weight is 240 g/mol. The van der Waals surface area contributed by atoms with Crippen molar-refractivity contribution < 1.29 is 0 Å². The van der Waals surface area contributed by atoms with E-state index in [0.29, 0.717) is 12.0 Å². The van der Waals surface area contributed by atoms with Crippen LogP contribution in [0.1, 0.15) is 56.8 Å². The van der Waals surface area contributed by atoms with Crippen LogP contribution in [0.2, 0.25) is 0 Å². The predicted octanol–water partition coefficient (Wildman–Crippen LogP) is 3.93. The highest BCUT2D eigenvalue weighted by Crippen LogP contribution is 2.27. The lowest BCUT2D eigenvalue weighted by Crippen LogP contribution is -2.27. The van der Waals surface area contributed by atoms with Crippen LogP contribution >= 0.6 is 11.3 Å². The van der Waals surface area contributed by atoms with Gasteiger partial charge in [-0.25, -0.2) is 4.98 Å². The fourth-order valence-electron chi connectivity index (χ4n) is 1.97. The maximum absolute atomic E-state index is 4.62. The molecule has 0 bridgehead atoms. The first-order valence-electron chi connectivity index (χ1n) is 6.34. The van der Waals surface area contributed by atoms with Crippen molar-refractivity contribution in [1.82, 2.24) is 10.3 Å². The number of hydrogen-bond donors (Lipinski definition) is 1. The third kappa shape index (κ3) is 3.87. The smallest absolute Gasteiger partial charge is 0.110 e. The Labute approximate surface area is 103 Å². The fraction of sp³-hybridized carbons (Fsp3) is 0.769. The second kappa shape index (κ2) is 7.02. The minimum atomic E-state index is 0.443. The summed E-state index contributed by atoms with van der Waals surface area (Å²) in [7, 11) is 0. The number of nitrogens with one attached hydrogen (secondary N) is 1. The molecular weight excluding hydrogens is 216 g/mol. The SMILES string of the molecule is CCCNC(c1nc(C)cs1)C(C)CCC. The topological polar surface area (TPSA) is 24.9 Å².